The molecule has 2 aliphatic carbocycles. The topological polar surface area (TPSA) is 94.7 Å². The molecule has 3 aromatic rings. The van der Waals surface area contributed by atoms with Gasteiger partial charge in [-0.25, -0.2) is 0 Å². The minimum absolute atomic E-state index is 0.0491. The molecule has 8 heteroatoms. The lowest BCUT2D eigenvalue weighted by Crippen LogP contribution is -2.45. The number of carbonyl (C=O) groups excluding carboxylic acids is 2. The van der Waals surface area contributed by atoms with E-state index in [2.05, 4.69) is 49.4 Å². The van der Waals surface area contributed by atoms with Crippen molar-refractivity contribution >= 4 is 28.2 Å². The number of aromatic nitrogens is 1. The smallest absolute Gasteiger partial charge is 0.269 e. The van der Waals surface area contributed by atoms with Crippen molar-refractivity contribution in [2.75, 3.05) is 20.3 Å². The highest BCUT2D eigenvalue weighted by atomic mass is 16.6. The second-order valence-electron chi connectivity index (χ2n) is 13.8. The molecule has 224 valence electrons. The zero-order chi connectivity index (χ0) is 30.7. The van der Waals surface area contributed by atoms with Crippen molar-refractivity contribution < 1.29 is 19.2 Å². The number of non-ortho nitro benzene ring substituents is 1. The number of hydrogen-bond acceptors (Lipinski definition) is 6. The fourth-order valence-corrected chi connectivity index (χ4v) is 7.41. The van der Waals surface area contributed by atoms with Crippen LogP contribution in [0.2, 0.25) is 0 Å². The van der Waals surface area contributed by atoms with Crippen LogP contribution in [0.4, 0.5) is 5.69 Å². The molecule has 43 heavy (non-hydrogen) atoms. The Morgan fingerprint density at radius 2 is 1.53 bits per heavy atom. The highest BCUT2D eigenvalue weighted by molar-refractivity contribution is 6.08. The van der Waals surface area contributed by atoms with E-state index < -0.39 is 5.92 Å². The maximum Gasteiger partial charge on any atom is 0.269 e. The number of para-hydroxylation sites is 1. The van der Waals surface area contributed by atoms with E-state index in [4.69, 9.17) is 4.74 Å². The van der Waals surface area contributed by atoms with E-state index in [1.807, 2.05) is 24.3 Å². The summed E-state index contributed by atoms with van der Waals surface area (Å²) in [4.78, 5) is 41.7. The van der Waals surface area contributed by atoms with Gasteiger partial charge in [0.2, 0.25) is 0 Å². The molecule has 0 unspecified atom stereocenters. The van der Waals surface area contributed by atoms with Crippen molar-refractivity contribution in [2.45, 2.75) is 65.8 Å². The van der Waals surface area contributed by atoms with Crippen molar-refractivity contribution in [3.63, 3.8) is 0 Å². The fraction of sp³-hybridized carbons (Fsp3) is 0.429. The number of rotatable bonds is 7. The molecule has 0 spiro atoms. The predicted octanol–water partition coefficient (Wildman–Crippen LogP) is 6.93. The minimum atomic E-state index is -0.466. The first-order valence-corrected chi connectivity index (χ1v) is 15.0. The van der Waals surface area contributed by atoms with Crippen LogP contribution in [0.15, 0.2) is 77.3 Å². The summed E-state index contributed by atoms with van der Waals surface area (Å²) in [5.41, 5.74) is 5.86. The monoisotopic (exact) mass is 581 g/mol. The number of ether oxygens (including phenoxy) is 1. The van der Waals surface area contributed by atoms with E-state index in [0.29, 0.717) is 32.5 Å². The molecule has 0 saturated carbocycles. The number of nitrogens with zero attached hydrogens (tertiary/aromatic N) is 3. The largest absolute Gasteiger partial charge is 0.383 e. The van der Waals surface area contributed by atoms with Crippen molar-refractivity contribution in [3.05, 3.63) is 98.5 Å². The van der Waals surface area contributed by atoms with E-state index in [9.17, 15) is 19.7 Å². The maximum atomic E-state index is 14.2. The zero-order valence-electron chi connectivity index (χ0n) is 25.6. The van der Waals surface area contributed by atoms with Gasteiger partial charge < -0.3 is 14.2 Å². The van der Waals surface area contributed by atoms with Crippen LogP contribution < -0.4 is 0 Å². The predicted molar refractivity (Wildman–Crippen MR) is 166 cm³/mol. The average Bonchev–Trinajstić information content (AvgIpc) is 3.28. The van der Waals surface area contributed by atoms with Crippen LogP contribution >= 0.6 is 0 Å². The Balaban J connectivity index is 1.58. The van der Waals surface area contributed by atoms with Crippen LogP contribution in [0.5, 0.6) is 0 Å². The van der Waals surface area contributed by atoms with E-state index in [-0.39, 0.29) is 33.0 Å². The van der Waals surface area contributed by atoms with Crippen LogP contribution in [-0.2, 0) is 20.9 Å². The van der Waals surface area contributed by atoms with Crippen molar-refractivity contribution in [2.24, 2.45) is 10.8 Å². The van der Waals surface area contributed by atoms with Crippen LogP contribution in [0.1, 0.15) is 70.4 Å². The molecule has 0 amide bonds. The van der Waals surface area contributed by atoms with Crippen molar-refractivity contribution in [3.8, 4) is 0 Å². The van der Waals surface area contributed by atoms with Crippen LogP contribution in [0.3, 0.4) is 0 Å². The number of allylic oxidation sites excluding steroid dienone is 4. The SMILES string of the molecule is COCCN1C2=C(C(=O)CC(C)(C)C2)C(c2cn(Cc3cccc([N+](=O)[O-])c3)c3ccccc23)C2=C1CC(C)(C)CC2=O. The molecule has 2 heterocycles. The standard InChI is InChI=1S/C35H39N3O5/c1-34(2)16-27-32(29(39)18-34)31(33-28(37(27)13-14-43-5)17-35(3,4)19-30(33)40)25-21-36(26-12-7-6-11-24(25)26)20-22-9-8-10-23(15-22)38(41)42/h6-12,15,21,31H,13-14,16-20H2,1-5H3. The Labute approximate surface area is 252 Å². The number of nitro benzene ring substituents is 1. The highest BCUT2D eigenvalue weighted by Gasteiger charge is 2.49. The van der Waals surface area contributed by atoms with Gasteiger partial charge in [-0.1, -0.05) is 58.0 Å². The summed E-state index contributed by atoms with van der Waals surface area (Å²) in [5.74, 6) is -0.274. The van der Waals surface area contributed by atoms with Gasteiger partial charge in [0.15, 0.2) is 11.6 Å². The summed E-state index contributed by atoms with van der Waals surface area (Å²) in [6.45, 7) is 10.1. The normalized spacial score (nSPS) is 20.1. The van der Waals surface area contributed by atoms with Gasteiger partial charge in [0.1, 0.15) is 0 Å². The first kappa shape index (κ1) is 29.1. The minimum Gasteiger partial charge on any atom is -0.383 e. The molecule has 0 radical (unpaired) electrons. The number of hydrogen-bond donors (Lipinski definition) is 0. The molecule has 0 fully saturated rings. The van der Waals surface area contributed by atoms with Crippen LogP contribution in [0, 0.1) is 20.9 Å². The highest BCUT2D eigenvalue weighted by Crippen LogP contribution is 2.55. The average molecular weight is 582 g/mol. The number of ketones is 2. The Morgan fingerprint density at radius 3 is 2.14 bits per heavy atom. The number of nitro groups is 1. The van der Waals surface area contributed by atoms with Gasteiger partial charge >= 0.3 is 0 Å². The molecule has 0 saturated heterocycles. The quantitative estimate of drug-likeness (QED) is 0.222. The fourth-order valence-electron chi connectivity index (χ4n) is 7.41. The third-order valence-corrected chi connectivity index (χ3v) is 9.15. The molecule has 8 nitrogen and oxygen atoms in total. The molecule has 0 atom stereocenters. The van der Waals surface area contributed by atoms with Crippen LogP contribution in [-0.4, -0.2) is 46.2 Å². The molecule has 1 aromatic heterocycles. The molecule has 2 aromatic carbocycles. The summed E-state index contributed by atoms with van der Waals surface area (Å²) in [5, 5.41) is 12.4. The summed E-state index contributed by atoms with van der Waals surface area (Å²) >= 11 is 0. The number of Topliss-reactive ketones (excluding diaryl/α,β-unsaturated/α-hetero) is 2. The Bertz CT molecular complexity index is 1670. The van der Waals surface area contributed by atoms with Gasteiger partial charge in [0.05, 0.1) is 11.5 Å². The first-order chi connectivity index (χ1) is 20.4. The van der Waals surface area contributed by atoms with E-state index >= 15 is 0 Å². The van der Waals surface area contributed by atoms with Crippen molar-refractivity contribution in [1.82, 2.24) is 9.47 Å². The van der Waals surface area contributed by atoms with Gasteiger partial charge in [0.25, 0.3) is 5.69 Å². The number of carbonyl (C=O) groups is 2. The Kier molecular flexibility index (Phi) is 7.16. The van der Waals surface area contributed by atoms with Gasteiger partial charge in [-0.05, 0) is 40.9 Å². The third-order valence-electron chi connectivity index (χ3n) is 9.15. The number of fused-ring (bicyclic) bond motifs is 1. The number of methoxy groups -OCH3 is 1. The Hall–Kier alpha value is -4.04. The molecule has 3 aliphatic rings. The molecular formula is C35H39N3O5. The molecule has 0 bridgehead atoms. The molecular weight excluding hydrogens is 542 g/mol. The third kappa shape index (κ3) is 5.22. The second-order valence-corrected chi connectivity index (χ2v) is 13.8. The van der Waals surface area contributed by atoms with Crippen molar-refractivity contribution in [1.29, 1.82) is 0 Å². The molecule has 0 N–H and O–H groups in total. The summed E-state index contributed by atoms with van der Waals surface area (Å²) < 4.78 is 7.60. The van der Waals surface area contributed by atoms with E-state index in [1.54, 1.807) is 19.2 Å². The molecule has 1 aliphatic heterocycles. The van der Waals surface area contributed by atoms with Gasteiger partial charge in [0, 0.05) is 90.7 Å². The lowest BCUT2D eigenvalue weighted by atomic mass is 9.63. The summed E-state index contributed by atoms with van der Waals surface area (Å²) in [6, 6.07) is 14.7. The molecule has 6 rings (SSSR count). The van der Waals surface area contributed by atoms with E-state index in [0.717, 1.165) is 57.4 Å². The maximum absolute atomic E-state index is 14.2. The first-order valence-electron chi connectivity index (χ1n) is 15.0. The number of benzene rings is 2. The Morgan fingerprint density at radius 1 is 0.907 bits per heavy atom. The van der Waals surface area contributed by atoms with Gasteiger partial charge in [-0.15, -0.1) is 0 Å². The lowest BCUT2D eigenvalue weighted by Gasteiger charge is -2.49. The van der Waals surface area contributed by atoms with Crippen LogP contribution in [0.25, 0.3) is 10.9 Å². The summed E-state index contributed by atoms with van der Waals surface area (Å²) in [6.07, 6.45) is 4.40. The van der Waals surface area contributed by atoms with E-state index in [1.165, 1.54) is 6.07 Å². The zero-order valence-corrected chi connectivity index (χ0v) is 25.6. The second kappa shape index (κ2) is 10.6. The lowest BCUT2D eigenvalue weighted by molar-refractivity contribution is -0.384. The van der Waals surface area contributed by atoms with Gasteiger partial charge in [-0.2, -0.15) is 0 Å². The summed E-state index contributed by atoms with van der Waals surface area (Å²) in [7, 11) is 1.68. The van der Waals surface area contributed by atoms with Gasteiger partial charge in [-0.3, -0.25) is 19.7 Å².